The number of carbonyl (C=O) groups excluding carboxylic acids is 1. The number of allylic oxidation sites excluding steroid dienone is 2. The van der Waals surface area contributed by atoms with Gasteiger partial charge in [0.25, 0.3) is 0 Å². The molecule has 1 aliphatic heterocycles. The number of aromatic nitrogens is 1. The largest absolute Gasteiger partial charge is 0.497 e. The molecule has 0 spiro atoms. The van der Waals surface area contributed by atoms with Gasteiger partial charge in [-0.05, 0) is 61.7 Å². The number of aryl methyl sites for hydroxylation is 1. The number of likely N-dealkylation sites (tertiary alicyclic amines) is 1. The molecule has 2 aromatic carbocycles. The van der Waals surface area contributed by atoms with Crippen molar-refractivity contribution in [3.8, 4) is 5.75 Å². The number of piperidine rings is 1. The molecule has 150 valence electrons. The molecule has 0 radical (unpaired) electrons. The fourth-order valence-electron chi connectivity index (χ4n) is 4.15. The number of fused-ring (bicyclic) bond motifs is 1. The molecule has 2 heterocycles. The van der Waals surface area contributed by atoms with E-state index in [4.69, 9.17) is 4.74 Å². The minimum atomic E-state index is 0.0653. The van der Waals surface area contributed by atoms with E-state index in [2.05, 4.69) is 41.3 Å². The van der Waals surface area contributed by atoms with Crippen LogP contribution in [0.5, 0.6) is 5.75 Å². The van der Waals surface area contributed by atoms with Gasteiger partial charge in [0, 0.05) is 36.3 Å². The van der Waals surface area contributed by atoms with Gasteiger partial charge in [-0.25, -0.2) is 0 Å². The normalized spacial score (nSPS) is 15.9. The number of ether oxygens (including phenoxy) is 1. The Kier molecular flexibility index (Phi) is 5.81. The predicted molar refractivity (Wildman–Crippen MR) is 117 cm³/mol. The van der Waals surface area contributed by atoms with Crippen LogP contribution < -0.4 is 4.74 Å². The number of carbonyl (C=O) groups is 1. The zero-order chi connectivity index (χ0) is 20.2. The average molecular weight is 389 g/mol. The van der Waals surface area contributed by atoms with Crippen molar-refractivity contribution in [1.82, 2.24) is 9.47 Å². The van der Waals surface area contributed by atoms with Gasteiger partial charge in [0.2, 0.25) is 0 Å². The van der Waals surface area contributed by atoms with E-state index >= 15 is 0 Å². The third-order valence-electron chi connectivity index (χ3n) is 5.86. The fraction of sp³-hybridized carbons (Fsp3) is 0.320. The van der Waals surface area contributed by atoms with Gasteiger partial charge in [0.1, 0.15) is 5.75 Å². The van der Waals surface area contributed by atoms with Gasteiger partial charge in [-0.2, -0.15) is 0 Å². The van der Waals surface area contributed by atoms with Crippen molar-refractivity contribution in [1.29, 1.82) is 0 Å². The van der Waals surface area contributed by atoms with Crippen LogP contribution in [0, 0.1) is 5.92 Å². The van der Waals surface area contributed by atoms with Crippen LogP contribution in [-0.2, 0) is 13.6 Å². The van der Waals surface area contributed by atoms with Crippen LogP contribution in [0.15, 0.2) is 66.9 Å². The van der Waals surface area contributed by atoms with Crippen LogP contribution >= 0.6 is 0 Å². The molecule has 1 fully saturated rings. The molecule has 0 unspecified atom stereocenters. The Morgan fingerprint density at radius 2 is 1.90 bits per heavy atom. The van der Waals surface area contributed by atoms with Gasteiger partial charge in [-0.3, -0.25) is 9.69 Å². The van der Waals surface area contributed by atoms with Crippen LogP contribution in [0.1, 0.15) is 28.8 Å². The summed E-state index contributed by atoms with van der Waals surface area (Å²) >= 11 is 0. The highest BCUT2D eigenvalue weighted by atomic mass is 16.5. The molecule has 0 N–H and O–H groups in total. The summed E-state index contributed by atoms with van der Waals surface area (Å²) < 4.78 is 7.33. The first-order valence-corrected chi connectivity index (χ1v) is 10.3. The summed E-state index contributed by atoms with van der Waals surface area (Å²) in [5.41, 5.74) is 3.14. The number of ketones is 1. The van der Waals surface area contributed by atoms with Crippen LogP contribution in [0.25, 0.3) is 10.9 Å². The van der Waals surface area contributed by atoms with Crippen molar-refractivity contribution in [2.75, 3.05) is 20.2 Å². The van der Waals surface area contributed by atoms with Gasteiger partial charge in [-0.1, -0.05) is 36.4 Å². The van der Waals surface area contributed by atoms with E-state index in [-0.39, 0.29) is 5.78 Å². The minimum Gasteiger partial charge on any atom is -0.497 e. The third-order valence-corrected chi connectivity index (χ3v) is 5.86. The summed E-state index contributed by atoms with van der Waals surface area (Å²) in [5, 5.41) is 0.944. The number of methoxy groups -OCH3 is 1. The summed E-state index contributed by atoms with van der Waals surface area (Å²) in [7, 11) is 3.62. The molecular weight excluding hydrogens is 360 g/mol. The Morgan fingerprint density at radius 3 is 2.62 bits per heavy atom. The van der Waals surface area contributed by atoms with Crippen LogP contribution in [0.2, 0.25) is 0 Å². The Bertz CT molecular complexity index is 1010. The van der Waals surface area contributed by atoms with E-state index in [1.165, 1.54) is 5.56 Å². The van der Waals surface area contributed by atoms with Crippen molar-refractivity contribution in [2.45, 2.75) is 19.4 Å². The fourth-order valence-corrected chi connectivity index (χ4v) is 4.15. The second kappa shape index (κ2) is 8.66. The Labute approximate surface area is 172 Å². The zero-order valence-electron chi connectivity index (χ0n) is 17.2. The lowest BCUT2D eigenvalue weighted by atomic mass is 9.95. The Morgan fingerprint density at radius 1 is 1.14 bits per heavy atom. The van der Waals surface area contributed by atoms with Crippen molar-refractivity contribution < 1.29 is 9.53 Å². The summed E-state index contributed by atoms with van der Waals surface area (Å²) in [5.74, 6) is 1.30. The molecule has 0 atom stereocenters. The first-order valence-electron chi connectivity index (χ1n) is 10.3. The number of benzene rings is 2. The first kappa shape index (κ1) is 19.5. The average Bonchev–Trinajstić information content (AvgIpc) is 3.09. The van der Waals surface area contributed by atoms with E-state index in [0.29, 0.717) is 5.92 Å². The Hall–Kier alpha value is -2.85. The molecule has 29 heavy (non-hydrogen) atoms. The highest BCUT2D eigenvalue weighted by molar-refractivity contribution is 6.13. The highest BCUT2D eigenvalue weighted by Gasteiger charge is 2.18. The maximum absolute atomic E-state index is 12.9. The number of rotatable bonds is 6. The summed E-state index contributed by atoms with van der Waals surface area (Å²) in [6, 6.07) is 16.5. The van der Waals surface area contributed by atoms with E-state index < -0.39 is 0 Å². The molecule has 4 nitrogen and oxygen atoms in total. The van der Waals surface area contributed by atoms with Crippen molar-refractivity contribution in [3.05, 3.63) is 78.0 Å². The van der Waals surface area contributed by atoms with Gasteiger partial charge in [-0.15, -0.1) is 0 Å². The minimum absolute atomic E-state index is 0.0653. The monoisotopic (exact) mass is 388 g/mol. The standard InChI is InChI=1S/C25H28N2O2/c1-26-18-23(22-16-21(29-2)9-10-24(22)26)25(28)11-8-19-12-14-27(15-13-19)17-20-6-4-3-5-7-20/h3-11,16,18-19H,12-15,17H2,1-2H3. The molecule has 1 saturated heterocycles. The molecular formula is C25H28N2O2. The second-order valence-electron chi connectivity index (χ2n) is 7.86. The number of hydrogen-bond acceptors (Lipinski definition) is 3. The van der Waals surface area contributed by atoms with Crippen LogP contribution in [0.3, 0.4) is 0 Å². The number of nitrogens with zero attached hydrogens (tertiary/aromatic N) is 2. The van der Waals surface area contributed by atoms with Gasteiger partial charge in [0.15, 0.2) is 5.78 Å². The summed E-state index contributed by atoms with van der Waals surface area (Å²) in [6.45, 7) is 3.15. The Balaban J connectivity index is 1.39. The van der Waals surface area contributed by atoms with E-state index in [1.54, 1.807) is 13.2 Å². The molecule has 0 bridgehead atoms. The zero-order valence-corrected chi connectivity index (χ0v) is 17.2. The smallest absolute Gasteiger partial charge is 0.187 e. The lowest BCUT2D eigenvalue weighted by Gasteiger charge is -2.30. The van der Waals surface area contributed by atoms with E-state index in [0.717, 1.165) is 54.7 Å². The van der Waals surface area contributed by atoms with Crippen molar-refractivity contribution in [2.24, 2.45) is 13.0 Å². The second-order valence-corrected chi connectivity index (χ2v) is 7.86. The quantitative estimate of drug-likeness (QED) is 0.448. The predicted octanol–water partition coefficient (Wildman–Crippen LogP) is 4.84. The molecule has 1 aliphatic rings. The first-order chi connectivity index (χ1) is 14.1. The molecule has 4 rings (SSSR count). The van der Waals surface area contributed by atoms with E-state index in [1.807, 2.05) is 36.0 Å². The molecule has 0 amide bonds. The molecule has 1 aromatic heterocycles. The van der Waals surface area contributed by atoms with Gasteiger partial charge in [0.05, 0.1) is 7.11 Å². The highest BCUT2D eigenvalue weighted by Crippen LogP contribution is 2.26. The molecule has 3 aromatic rings. The van der Waals surface area contributed by atoms with Crippen LogP contribution in [-0.4, -0.2) is 35.4 Å². The lowest BCUT2D eigenvalue weighted by molar-refractivity contribution is 0.104. The maximum Gasteiger partial charge on any atom is 0.187 e. The summed E-state index contributed by atoms with van der Waals surface area (Å²) in [6.07, 6.45) is 7.99. The van der Waals surface area contributed by atoms with Crippen LogP contribution in [0.4, 0.5) is 0 Å². The summed E-state index contributed by atoms with van der Waals surface area (Å²) in [4.78, 5) is 15.4. The van der Waals surface area contributed by atoms with E-state index in [9.17, 15) is 4.79 Å². The van der Waals surface area contributed by atoms with Crippen molar-refractivity contribution in [3.63, 3.8) is 0 Å². The van der Waals surface area contributed by atoms with Gasteiger partial charge >= 0.3 is 0 Å². The molecule has 0 aliphatic carbocycles. The molecule has 0 saturated carbocycles. The molecule has 4 heteroatoms. The topological polar surface area (TPSA) is 34.5 Å². The lowest BCUT2D eigenvalue weighted by Crippen LogP contribution is -2.32. The van der Waals surface area contributed by atoms with Gasteiger partial charge < -0.3 is 9.30 Å². The third kappa shape index (κ3) is 4.43. The number of hydrogen-bond donors (Lipinski definition) is 0. The SMILES string of the molecule is COc1ccc2c(c1)c(C(=O)C=CC1CCN(Cc3ccccc3)CC1)cn2C. The van der Waals surface area contributed by atoms with Crippen molar-refractivity contribution >= 4 is 16.7 Å². The maximum atomic E-state index is 12.9.